The molecule has 0 saturated heterocycles. The molecule has 0 aliphatic rings. The van der Waals surface area contributed by atoms with Crippen LogP contribution in [0, 0.1) is 0 Å². The third-order valence-electron chi connectivity index (χ3n) is 3.86. The molecule has 24 heavy (non-hydrogen) atoms. The van der Waals surface area contributed by atoms with Gasteiger partial charge in [-0.2, -0.15) is 11.3 Å². The molecule has 0 saturated carbocycles. The molecule has 0 bridgehead atoms. The van der Waals surface area contributed by atoms with Crippen LogP contribution in [0.4, 0.5) is 0 Å². The first-order valence-corrected chi connectivity index (χ1v) is 9.35. The smallest absolute Gasteiger partial charge is 0.191 e. The number of hydrogen-bond donors (Lipinski definition) is 2. The highest BCUT2D eigenvalue weighted by atomic mass is 32.1. The maximum Gasteiger partial charge on any atom is 0.191 e. The van der Waals surface area contributed by atoms with Gasteiger partial charge in [0, 0.05) is 25.6 Å². The number of nitrogens with zero attached hydrogens (tertiary/aromatic N) is 1. The zero-order valence-corrected chi connectivity index (χ0v) is 15.5. The van der Waals surface area contributed by atoms with Crippen LogP contribution in [0.3, 0.4) is 0 Å². The molecule has 0 amide bonds. The first-order chi connectivity index (χ1) is 11.7. The van der Waals surface area contributed by atoms with Crippen molar-refractivity contribution in [2.45, 2.75) is 26.2 Å². The standard InChI is InChI=1S/C19H27N3OS/c1-4-20-19(22-13-15(2)17-10-12-24-14-17)21-11-9-16-7-5-6-8-18(16)23-3/h5-8,10,12,14-15H,4,9,11,13H2,1-3H3,(H2,20,21,22). The molecule has 1 heterocycles. The van der Waals surface area contributed by atoms with Crippen LogP contribution in [-0.4, -0.2) is 32.7 Å². The average Bonchev–Trinajstić information content (AvgIpc) is 3.14. The minimum Gasteiger partial charge on any atom is -0.496 e. The van der Waals surface area contributed by atoms with Crippen molar-refractivity contribution in [3.05, 3.63) is 52.2 Å². The largest absolute Gasteiger partial charge is 0.496 e. The second-order valence-electron chi connectivity index (χ2n) is 5.67. The summed E-state index contributed by atoms with van der Waals surface area (Å²) in [5, 5.41) is 11.0. The Kier molecular flexibility index (Phi) is 7.62. The Morgan fingerprint density at radius 2 is 2.08 bits per heavy atom. The van der Waals surface area contributed by atoms with Crippen molar-refractivity contribution in [3.8, 4) is 5.75 Å². The summed E-state index contributed by atoms with van der Waals surface area (Å²) in [7, 11) is 1.71. The van der Waals surface area contributed by atoms with Crippen LogP contribution in [0.25, 0.3) is 0 Å². The second-order valence-corrected chi connectivity index (χ2v) is 6.45. The van der Waals surface area contributed by atoms with Crippen molar-refractivity contribution in [2.75, 3.05) is 26.7 Å². The third-order valence-corrected chi connectivity index (χ3v) is 4.56. The van der Waals surface area contributed by atoms with Gasteiger partial charge in [0.15, 0.2) is 5.96 Å². The molecule has 1 aromatic heterocycles. The number of guanidine groups is 1. The summed E-state index contributed by atoms with van der Waals surface area (Å²) in [5.74, 6) is 2.24. The molecule has 0 spiro atoms. The van der Waals surface area contributed by atoms with E-state index < -0.39 is 0 Å². The van der Waals surface area contributed by atoms with Gasteiger partial charge in [0.25, 0.3) is 0 Å². The Bertz CT molecular complexity index is 625. The highest BCUT2D eigenvalue weighted by Gasteiger charge is 2.06. The van der Waals surface area contributed by atoms with Gasteiger partial charge in [0.1, 0.15) is 5.75 Å². The predicted octanol–water partition coefficient (Wildman–Crippen LogP) is 3.66. The molecule has 2 aromatic rings. The number of hydrogen-bond acceptors (Lipinski definition) is 3. The summed E-state index contributed by atoms with van der Waals surface area (Å²) in [6, 6.07) is 10.3. The zero-order valence-electron chi connectivity index (χ0n) is 14.7. The first-order valence-electron chi connectivity index (χ1n) is 8.40. The molecule has 1 atom stereocenters. The van der Waals surface area contributed by atoms with Crippen molar-refractivity contribution in [1.29, 1.82) is 0 Å². The Morgan fingerprint density at radius 3 is 2.79 bits per heavy atom. The van der Waals surface area contributed by atoms with E-state index in [1.54, 1.807) is 18.4 Å². The van der Waals surface area contributed by atoms with Crippen molar-refractivity contribution >= 4 is 17.3 Å². The Balaban J connectivity index is 1.87. The van der Waals surface area contributed by atoms with E-state index in [-0.39, 0.29) is 0 Å². The fourth-order valence-corrected chi connectivity index (χ4v) is 3.24. The number of aliphatic imine (C=N–C) groups is 1. The molecule has 0 aliphatic heterocycles. The zero-order chi connectivity index (χ0) is 17.2. The number of rotatable bonds is 8. The van der Waals surface area contributed by atoms with E-state index in [0.717, 1.165) is 37.8 Å². The molecule has 0 aliphatic carbocycles. The first kappa shape index (κ1) is 18.3. The minimum absolute atomic E-state index is 0.431. The molecule has 2 N–H and O–H groups in total. The van der Waals surface area contributed by atoms with E-state index in [0.29, 0.717) is 5.92 Å². The topological polar surface area (TPSA) is 45.7 Å². The minimum atomic E-state index is 0.431. The van der Waals surface area contributed by atoms with Crippen molar-refractivity contribution in [1.82, 2.24) is 10.6 Å². The molecule has 0 fully saturated rings. The van der Waals surface area contributed by atoms with Gasteiger partial charge in [0.2, 0.25) is 0 Å². The number of methoxy groups -OCH3 is 1. The van der Waals surface area contributed by atoms with Gasteiger partial charge in [-0.05, 0) is 47.4 Å². The maximum atomic E-state index is 5.40. The van der Waals surface area contributed by atoms with Gasteiger partial charge in [-0.3, -0.25) is 4.99 Å². The van der Waals surface area contributed by atoms with Crippen molar-refractivity contribution < 1.29 is 4.74 Å². The third kappa shape index (κ3) is 5.57. The van der Waals surface area contributed by atoms with E-state index >= 15 is 0 Å². The van der Waals surface area contributed by atoms with Crippen LogP contribution in [0.15, 0.2) is 46.1 Å². The van der Waals surface area contributed by atoms with Crippen LogP contribution in [0.2, 0.25) is 0 Å². The predicted molar refractivity (Wildman–Crippen MR) is 103 cm³/mol. The summed E-state index contributed by atoms with van der Waals surface area (Å²) in [6.07, 6.45) is 0.897. The quantitative estimate of drug-likeness (QED) is 0.567. The van der Waals surface area contributed by atoms with Crippen LogP contribution in [0.1, 0.15) is 30.9 Å². The number of ether oxygens (including phenoxy) is 1. The molecule has 1 aromatic carbocycles. The lowest BCUT2D eigenvalue weighted by atomic mass is 10.1. The van der Waals surface area contributed by atoms with Crippen LogP contribution < -0.4 is 15.4 Å². The monoisotopic (exact) mass is 345 g/mol. The van der Waals surface area contributed by atoms with Crippen LogP contribution >= 0.6 is 11.3 Å². The molecule has 2 rings (SSSR count). The number of nitrogens with one attached hydrogen (secondary N) is 2. The lowest BCUT2D eigenvalue weighted by Gasteiger charge is -2.14. The van der Waals surface area contributed by atoms with Gasteiger partial charge < -0.3 is 15.4 Å². The van der Waals surface area contributed by atoms with E-state index in [1.165, 1.54) is 11.1 Å². The molecular weight excluding hydrogens is 318 g/mol. The molecule has 4 nitrogen and oxygen atoms in total. The highest BCUT2D eigenvalue weighted by molar-refractivity contribution is 7.07. The summed E-state index contributed by atoms with van der Waals surface area (Å²) in [4.78, 5) is 4.71. The highest BCUT2D eigenvalue weighted by Crippen LogP contribution is 2.18. The van der Waals surface area contributed by atoms with Crippen molar-refractivity contribution in [2.24, 2.45) is 4.99 Å². The molecule has 130 valence electrons. The lowest BCUT2D eigenvalue weighted by molar-refractivity contribution is 0.409. The summed E-state index contributed by atoms with van der Waals surface area (Å²) >= 11 is 1.74. The summed E-state index contributed by atoms with van der Waals surface area (Å²) in [6.45, 7) is 6.75. The fraction of sp³-hybridized carbons (Fsp3) is 0.421. The molecule has 0 radical (unpaired) electrons. The van der Waals surface area contributed by atoms with E-state index in [9.17, 15) is 0 Å². The SMILES string of the molecule is CCNC(=NCC(C)c1ccsc1)NCCc1ccccc1OC. The van der Waals surface area contributed by atoms with E-state index in [1.807, 2.05) is 18.2 Å². The van der Waals surface area contributed by atoms with Crippen molar-refractivity contribution in [3.63, 3.8) is 0 Å². The normalized spacial score (nSPS) is 12.7. The van der Waals surface area contributed by atoms with Gasteiger partial charge in [-0.1, -0.05) is 25.1 Å². The fourth-order valence-electron chi connectivity index (χ4n) is 2.46. The number of para-hydroxylation sites is 1. The molecule has 5 heteroatoms. The Morgan fingerprint density at radius 1 is 1.25 bits per heavy atom. The van der Waals surface area contributed by atoms with Gasteiger partial charge in [0.05, 0.1) is 7.11 Å². The van der Waals surface area contributed by atoms with Crippen LogP contribution in [-0.2, 0) is 6.42 Å². The number of thiophene rings is 1. The van der Waals surface area contributed by atoms with Gasteiger partial charge >= 0.3 is 0 Å². The molecular formula is C19H27N3OS. The van der Waals surface area contributed by atoms with E-state index in [2.05, 4.69) is 47.4 Å². The van der Waals surface area contributed by atoms with Gasteiger partial charge in [-0.15, -0.1) is 0 Å². The molecule has 1 unspecified atom stereocenters. The lowest BCUT2D eigenvalue weighted by Crippen LogP contribution is -2.38. The maximum absolute atomic E-state index is 5.40. The number of benzene rings is 1. The van der Waals surface area contributed by atoms with Gasteiger partial charge in [-0.25, -0.2) is 0 Å². The second kappa shape index (κ2) is 9.98. The Hall–Kier alpha value is -2.01. The summed E-state index contributed by atoms with van der Waals surface area (Å²) < 4.78 is 5.40. The van der Waals surface area contributed by atoms with E-state index in [4.69, 9.17) is 9.73 Å². The average molecular weight is 346 g/mol. The Labute approximate surface area is 149 Å². The summed E-state index contributed by atoms with van der Waals surface area (Å²) in [5.41, 5.74) is 2.56. The van der Waals surface area contributed by atoms with Crippen LogP contribution in [0.5, 0.6) is 5.75 Å².